The van der Waals surface area contributed by atoms with Crippen molar-refractivity contribution >= 4 is 60.7 Å². The highest BCUT2D eigenvalue weighted by Crippen LogP contribution is 2.39. The standard InChI is InChI=1S/C44H39N3S/c1-3-15-33(32-17-7-6-8-18-32)26-34-30-48-44-39(34)28-36(29-45-44)47-42-22-13-11-20-38(42)40-27-35(23-24-43(40)47)46-25-14-5-4-9-19-37-31(2)16-10-12-21-41(37)46/h3-9,11-15,17-18,20-24,26-31H,10,16,19,25H2,1-2H3/b9-4-,14-5-,15-3-,33-26+. The Morgan fingerprint density at radius 1 is 0.854 bits per heavy atom. The molecule has 2 aliphatic rings. The number of pyridine rings is 1. The molecule has 0 bridgehead atoms. The Morgan fingerprint density at radius 2 is 1.67 bits per heavy atom. The van der Waals surface area contributed by atoms with Crippen LogP contribution in [-0.4, -0.2) is 16.1 Å². The second-order valence-electron chi connectivity index (χ2n) is 12.7. The predicted octanol–water partition coefficient (Wildman–Crippen LogP) is 12.1. The Labute approximate surface area is 286 Å². The highest BCUT2D eigenvalue weighted by molar-refractivity contribution is 7.17. The summed E-state index contributed by atoms with van der Waals surface area (Å²) in [4.78, 5) is 8.55. The van der Waals surface area contributed by atoms with Gasteiger partial charge in [0.1, 0.15) is 4.83 Å². The molecule has 4 heteroatoms. The zero-order valence-corrected chi connectivity index (χ0v) is 28.3. The molecule has 0 saturated carbocycles. The van der Waals surface area contributed by atoms with Crippen LogP contribution in [0.25, 0.3) is 49.4 Å². The maximum atomic E-state index is 4.99. The van der Waals surface area contributed by atoms with Crippen molar-refractivity contribution in [1.82, 2.24) is 9.55 Å². The lowest BCUT2D eigenvalue weighted by Gasteiger charge is -2.28. The van der Waals surface area contributed by atoms with E-state index in [9.17, 15) is 0 Å². The number of aromatic nitrogens is 2. The van der Waals surface area contributed by atoms with Gasteiger partial charge in [0.25, 0.3) is 0 Å². The van der Waals surface area contributed by atoms with Crippen LogP contribution >= 0.6 is 11.3 Å². The number of para-hydroxylation sites is 1. The van der Waals surface area contributed by atoms with Gasteiger partial charge in [0.15, 0.2) is 0 Å². The number of thiophene rings is 1. The molecule has 1 atom stereocenters. The van der Waals surface area contributed by atoms with Crippen LogP contribution in [-0.2, 0) is 0 Å². The zero-order chi connectivity index (χ0) is 32.5. The number of hydrogen-bond donors (Lipinski definition) is 0. The maximum absolute atomic E-state index is 4.99. The summed E-state index contributed by atoms with van der Waals surface area (Å²) >= 11 is 1.70. The Bertz CT molecular complexity index is 2320. The fourth-order valence-corrected chi connectivity index (χ4v) is 8.13. The maximum Gasteiger partial charge on any atom is 0.123 e. The van der Waals surface area contributed by atoms with E-state index in [-0.39, 0.29) is 0 Å². The number of anilines is 1. The first kappa shape index (κ1) is 30.2. The Kier molecular flexibility index (Phi) is 8.25. The first-order chi connectivity index (χ1) is 23.7. The van der Waals surface area contributed by atoms with Crippen LogP contribution < -0.4 is 4.90 Å². The lowest BCUT2D eigenvalue weighted by atomic mass is 9.93. The van der Waals surface area contributed by atoms with Crippen molar-refractivity contribution in [2.75, 3.05) is 11.4 Å². The third-order valence-electron chi connectivity index (χ3n) is 9.70. The van der Waals surface area contributed by atoms with Crippen LogP contribution in [0.1, 0.15) is 44.2 Å². The average molecular weight is 642 g/mol. The van der Waals surface area contributed by atoms with Gasteiger partial charge in [0.2, 0.25) is 0 Å². The van der Waals surface area contributed by atoms with Crippen LogP contribution in [0.5, 0.6) is 0 Å². The predicted molar refractivity (Wildman–Crippen MR) is 208 cm³/mol. The van der Waals surface area contributed by atoms with Crippen LogP contribution in [0, 0.1) is 5.92 Å². The number of benzene rings is 3. The summed E-state index contributed by atoms with van der Waals surface area (Å²) in [6, 6.07) is 28.7. The highest BCUT2D eigenvalue weighted by Gasteiger charge is 2.22. The number of hydrogen-bond acceptors (Lipinski definition) is 3. The molecule has 4 heterocycles. The van der Waals surface area contributed by atoms with Crippen molar-refractivity contribution in [3.8, 4) is 5.69 Å². The molecule has 8 rings (SSSR count). The number of rotatable bonds is 5. The molecule has 0 fully saturated rings. The molecule has 1 unspecified atom stereocenters. The summed E-state index contributed by atoms with van der Waals surface area (Å²) in [6.07, 6.45) is 25.6. The smallest absolute Gasteiger partial charge is 0.123 e. The normalized spacial score (nSPS) is 18.7. The monoisotopic (exact) mass is 641 g/mol. The van der Waals surface area contributed by atoms with Crippen molar-refractivity contribution < 1.29 is 0 Å². The van der Waals surface area contributed by atoms with Gasteiger partial charge >= 0.3 is 0 Å². The van der Waals surface area contributed by atoms with E-state index in [1.54, 1.807) is 11.3 Å². The van der Waals surface area contributed by atoms with Crippen LogP contribution in [0.2, 0.25) is 0 Å². The minimum Gasteiger partial charge on any atom is -0.338 e. The van der Waals surface area contributed by atoms with Gasteiger partial charge in [-0.05, 0) is 96.9 Å². The summed E-state index contributed by atoms with van der Waals surface area (Å²) < 4.78 is 2.39. The van der Waals surface area contributed by atoms with Gasteiger partial charge in [-0.3, -0.25) is 0 Å². The molecule has 1 aliphatic heterocycles. The highest BCUT2D eigenvalue weighted by atomic mass is 32.1. The van der Waals surface area contributed by atoms with Crippen molar-refractivity contribution in [3.05, 3.63) is 161 Å². The van der Waals surface area contributed by atoms with Crippen LogP contribution in [0.3, 0.4) is 0 Å². The molecular weight excluding hydrogens is 603 g/mol. The van der Waals surface area contributed by atoms with Gasteiger partial charge in [-0.25, -0.2) is 4.98 Å². The van der Waals surface area contributed by atoms with Gasteiger partial charge < -0.3 is 9.47 Å². The lowest BCUT2D eigenvalue weighted by molar-refractivity contribution is 0.609. The van der Waals surface area contributed by atoms with Gasteiger partial charge in [-0.15, -0.1) is 11.3 Å². The summed E-state index contributed by atoms with van der Waals surface area (Å²) in [7, 11) is 0. The molecule has 0 radical (unpaired) electrons. The second kappa shape index (κ2) is 13.1. The molecule has 3 aromatic heterocycles. The molecule has 236 valence electrons. The third-order valence-corrected chi connectivity index (χ3v) is 10.6. The molecule has 1 aliphatic carbocycles. The molecule has 0 amide bonds. The van der Waals surface area contributed by atoms with Gasteiger partial charge in [0.05, 0.1) is 22.9 Å². The number of fused-ring (bicyclic) bond motifs is 4. The topological polar surface area (TPSA) is 21.1 Å². The Hall–Kier alpha value is -5.19. The van der Waals surface area contributed by atoms with Crippen molar-refractivity contribution in [3.63, 3.8) is 0 Å². The quantitative estimate of drug-likeness (QED) is 0.175. The summed E-state index contributed by atoms with van der Waals surface area (Å²) in [5, 5.41) is 5.90. The van der Waals surface area contributed by atoms with E-state index in [0.717, 1.165) is 29.9 Å². The molecule has 0 N–H and O–H groups in total. The largest absolute Gasteiger partial charge is 0.338 e. The van der Waals surface area contributed by atoms with E-state index in [2.05, 4.69) is 162 Å². The van der Waals surface area contributed by atoms with E-state index in [4.69, 9.17) is 4.98 Å². The van der Waals surface area contributed by atoms with E-state index in [0.29, 0.717) is 5.92 Å². The minimum absolute atomic E-state index is 0.548. The minimum atomic E-state index is 0.548. The van der Waals surface area contributed by atoms with Gasteiger partial charge in [-0.2, -0.15) is 0 Å². The molecule has 0 saturated heterocycles. The molecular formula is C44H39N3S. The van der Waals surface area contributed by atoms with Crippen LogP contribution in [0.15, 0.2) is 150 Å². The lowest BCUT2D eigenvalue weighted by Crippen LogP contribution is -2.24. The molecule has 0 spiro atoms. The summed E-state index contributed by atoms with van der Waals surface area (Å²) in [5.74, 6) is 0.548. The fraction of sp³-hybridized carbons (Fsp3) is 0.159. The first-order valence-corrected chi connectivity index (χ1v) is 17.9. The van der Waals surface area contributed by atoms with Crippen molar-refractivity contribution in [2.45, 2.75) is 33.1 Å². The van der Waals surface area contributed by atoms with E-state index >= 15 is 0 Å². The molecule has 6 aromatic rings. The van der Waals surface area contributed by atoms with Crippen LogP contribution in [0.4, 0.5) is 5.69 Å². The fourth-order valence-electron chi connectivity index (χ4n) is 7.28. The molecule has 3 aromatic carbocycles. The van der Waals surface area contributed by atoms with Gasteiger partial charge in [-0.1, -0.05) is 98.0 Å². The number of nitrogens with zero attached hydrogens (tertiary/aromatic N) is 3. The van der Waals surface area contributed by atoms with Crippen molar-refractivity contribution in [2.24, 2.45) is 5.92 Å². The summed E-state index contributed by atoms with van der Waals surface area (Å²) in [5.41, 5.74) is 11.1. The summed E-state index contributed by atoms with van der Waals surface area (Å²) in [6.45, 7) is 5.29. The van der Waals surface area contributed by atoms with E-state index < -0.39 is 0 Å². The van der Waals surface area contributed by atoms with Gasteiger partial charge in [0, 0.05) is 39.5 Å². The second-order valence-corrected chi connectivity index (χ2v) is 13.6. The van der Waals surface area contributed by atoms with E-state index in [1.807, 2.05) is 6.20 Å². The van der Waals surface area contributed by atoms with E-state index in [1.165, 1.54) is 67.3 Å². The third kappa shape index (κ3) is 5.56. The molecule has 48 heavy (non-hydrogen) atoms. The van der Waals surface area contributed by atoms with Crippen molar-refractivity contribution in [1.29, 1.82) is 0 Å². The first-order valence-electron chi connectivity index (χ1n) is 17.0. The number of allylic oxidation sites excluding steroid dienone is 9. The Morgan fingerprint density at radius 3 is 2.56 bits per heavy atom. The molecule has 3 nitrogen and oxygen atoms in total. The SMILES string of the molecule is C/C=C\C(=C/c1csc2ncc(-n3c4ccccc4c4cc(N5C/C=C\C=C/CC6=C5C=CCCC6C)ccc43)cc12)c1ccccc1. The zero-order valence-electron chi connectivity index (χ0n) is 27.5. The average Bonchev–Trinajstić information content (AvgIpc) is 3.65. The Balaban J connectivity index is 1.28.